The summed E-state index contributed by atoms with van der Waals surface area (Å²) in [5.41, 5.74) is 2.84. The molecule has 0 saturated carbocycles. The van der Waals surface area contributed by atoms with Crippen molar-refractivity contribution >= 4 is 62.7 Å². The number of ether oxygens (including phenoxy) is 2. The van der Waals surface area contributed by atoms with Crippen LogP contribution < -0.4 is 14.8 Å². The molecule has 6 rings (SSSR count). The van der Waals surface area contributed by atoms with Crippen LogP contribution in [0.5, 0.6) is 11.5 Å². The van der Waals surface area contributed by atoms with Crippen molar-refractivity contribution in [2.75, 3.05) is 11.9 Å². The number of nitrogens with zero attached hydrogens (tertiary/aromatic N) is 3. The fourth-order valence-electron chi connectivity index (χ4n) is 4.63. The number of furan rings is 1. The maximum atomic E-state index is 13.7. The zero-order chi connectivity index (χ0) is 34.0. The van der Waals surface area contributed by atoms with Gasteiger partial charge in [0.05, 0.1) is 23.9 Å². The number of hydrogen-bond donors (Lipinski definition) is 1. The van der Waals surface area contributed by atoms with Gasteiger partial charge >= 0.3 is 0 Å². The van der Waals surface area contributed by atoms with Crippen molar-refractivity contribution in [3.05, 3.63) is 153 Å². The van der Waals surface area contributed by atoms with Crippen LogP contribution in [0.4, 0.5) is 10.1 Å². The van der Waals surface area contributed by atoms with Crippen molar-refractivity contribution in [3.8, 4) is 11.5 Å². The predicted molar refractivity (Wildman–Crippen MR) is 192 cm³/mol. The van der Waals surface area contributed by atoms with E-state index < -0.39 is 11.7 Å². The van der Waals surface area contributed by atoms with Crippen LogP contribution in [0.25, 0.3) is 6.08 Å². The van der Waals surface area contributed by atoms with Crippen molar-refractivity contribution in [1.82, 2.24) is 4.90 Å². The molecule has 49 heavy (non-hydrogen) atoms. The average Bonchev–Trinajstić information content (AvgIpc) is 3.73. The largest absolute Gasteiger partial charge is 0.489 e. The first-order chi connectivity index (χ1) is 23.9. The summed E-state index contributed by atoms with van der Waals surface area (Å²) in [5.74, 6) is 0.521. The van der Waals surface area contributed by atoms with Crippen LogP contribution in [0.2, 0.25) is 0 Å². The second-order valence-electron chi connectivity index (χ2n) is 10.6. The molecule has 246 valence electrons. The molecule has 0 radical (unpaired) electrons. The number of thioether (sulfide) groups is 1. The van der Waals surface area contributed by atoms with E-state index in [1.54, 1.807) is 48.9 Å². The van der Waals surface area contributed by atoms with E-state index in [-0.39, 0.29) is 19.1 Å². The third kappa shape index (κ3) is 9.34. The van der Waals surface area contributed by atoms with Crippen molar-refractivity contribution < 1.29 is 27.9 Å². The summed E-state index contributed by atoms with van der Waals surface area (Å²) >= 11 is 4.63. The summed E-state index contributed by atoms with van der Waals surface area (Å²) in [5, 5.41) is 11.7. The van der Waals surface area contributed by atoms with Gasteiger partial charge in [-0.3, -0.25) is 14.5 Å². The van der Waals surface area contributed by atoms with E-state index in [4.69, 9.17) is 13.9 Å². The molecule has 0 spiro atoms. The van der Waals surface area contributed by atoms with Crippen LogP contribution >= 0.6 is 27.7 Å². The fraction of sp³-hybridized carbons (Fsp3) is 0.0811. The Bertz CT molecular complexity index is 2020. The summed E-state index contributed by atoms with van der Waals surface area (Å²) < 4.78 is 31.3. The number of nitrogens with one attached hydrogen (secondary N) is 1. The number of halogens is 2. The molecule has 9 nitrogen and oxygen atoms in total. The number of rotatable bonds is 12. The van der Waals surface area contributed by atoms with Gasteiger partial charge in [0.1, 0.15) is 29.7 Å². The second-order valence-corrected chi connectivity index (χ2v) is 12.5. The van der Waals surface area contributed by atoms with Crippen molar-refractivity contribution in [3.63, 3.8) is 0 Å². The number of carbonyl (C=O) groups excluding carboxylic acids is 2. The van der Waals surface area contributed by atoms with Crippen molar-refractivity contribution in [1.29, 1.82) is 0 Å². The normalized spacial score (nSPS) is 14.6. The van der Waals surface area contributed by atoms with Crippen LogP contribution in [-0.4, -0.2) is 34.7 Å². The molecule has 1 fully saturated rings. The third-order valence-electron chi connectivity index (χ3n) is 6.98. The molecule has 0 unspecified atom stereocenters. The van der Waals surface area contributed by atoms with Gasteiger partial charge in [-0.1, -0.05) is 58.4 Å². The topological polar surface area (TPSA) is 106 Å². The Labute approximate surface area is 294 Å². The summed E-state index contributed by atoms with van der Waals surface area (Å²) in [6.07, 6.45) is 4.82. The lowest BCUT2D eigenvalue weighted by Crippen LogP contribution is -2.28. The van der Waals surface area contributed by atoms with E-state index in [2.05, 4.69) is 31.4 Å². The summed E-state index contributed by atoms with van der Waals surface area (Å²) in [6.45, 7) is 0.285. The van der Waals surface area contributed by atoms with Gasteiger partial charge in [0.2, 0.25) is 0 Å². The smallest absolute Gasteiger partial charge is 0.267 e. The standard InChI is InChI=1S/C37H28BrFN4O5S/c38-28-11-16-33(48-24-35(44)41-30-14-12-29(39)13-15-30)27(19-28)20-34-36(45)43(22-32-10-5-17-46-32)37(49-34)42-40-21-26-8-4-9-31(18-26)47-23-25-6-2-1-3-7-25/h1-21H,22-24H2,(H,41,44)/b34-20-,40-21-,42-37+. The number of amidine groups is 1. The van der Waals surface area contributed by atoms with E-state index in [1.807, 2.05) is 54.6 Å². The maximum Gasteiger partial charge on any atom is 0.267 e. The van der Waals surface area contributed by atoms with Crippen LogP contribution in [0.1, 0.15) is 22.5 Å². The Morgan fingerprint density at radius 3 is 2.59 bits per heavy atom. The fourth-order valence-corrected chi connectivity index (χ4v) is 5.93. The van der Waals surface area contributed by atoms with Gasteiger partial charge in [-0.2, -0.15) is 5.10 Å². The summed E-state index contributed by atoms with van der Waals surface area (Å²) in [7, 11) is 0. The number of anilines is 1. The van der Waals surface area contributed by atoms with E-state index in [0.717, 1.165) is 27.4 Å². The van der Waals surface area contributed by atoms with E-state index in [9.17, 15) is 14.0 Å². The molecule has 0 aliphatic carbocycles. The molecule has 0 atom stereocenters. The molecular formula is C37H28BrFN4O5S. The lowest BCUT2D eigenvalue weighted by molar-refractivity contribution is -0.122. The highest BCUT2D eigenvalue weighted by atomic mass is 79.9. The number of hydrogen-bond acceptors (Lipinski definition) is 8. The molecule has 1 saturated heterocycles. The molecule has 12 heteroatoms. The zero-order valence-electron chi connectivity index (χ0n) is 25.8. The van der Waals surface area contributed by atoms with Gasteiger partial charge in [-0.25, -0.2) is 4.39 Å². The van der Waals surface area contributed by atoms with Gasteiger partial charge < -0.3 is 19.2 Å². The van der Waals surface area contributed by atoms with Crippen LogP contribution in [0.15, 0.2) is 139 Å². The summed E-state index contributed by atoms with van der Waals surface area (Å²) in [6, 6.07) is 31.6. The Morgan fingerprint density at radius 1 is 0.959 bits per heavy atom. The first-order valence-corrected chi connectivity index (χ1v) is 16.6. The minimum Gasteiger partial charge on any atom is -0.489 e. The Balaban J connectivity index is 1.18. The number of amides is 2. The highest BCUT2D eigenvalue weighted by molar-refractivity contribution is 9.10. The molecule has 1 aliphatic rings. The van der Waals surface area contributed by atoms with Crippen molar-refractivity contribution in [2.45, 2.75) is 13.2 Å². The van der Waals surface area contributed by atoms with Crippen LogP contribution in [0, 0.1) is 5.82 Å². The minimum atomic E-state index is -0.426. The first-order valence-electron chi connectivity index (χ1n) is 15.0. The van der Waals surface area contributed by atoms with Gasteiger partial charge in [-0.05, 0) is 95.7 Å². The predicted octanol–water partition coefficient (Wildman–Crippen LogP) is 8.28. The Kier molecular flexibility index (Phi) is 11.0. The SMILES string of the molecule is O=C(COc1ccc(Br)cc1/C=C1\S/C(=N/N=C\c2cccc(OCc3ccccc3)c2)N(Cc2ccco2)C1=O)Nc1ccc(F)cc1. The van der Waals surface area contributed by atoms with E-state index >= 15 is 0 Å². The Morgan fingerprint density at radius 2 is 1.80 bits per heavy atom. The van der Waals surface area contributed by atoms with Gasteiger partial charge in [0, 0.05) is 15.7 Å². The van der Waals surface area contributed by atoms with E-state index in [0.29, 0.717) is 45.2 Å². The number of carbonyl (C=O) groups is 2. The lowest BCUT2D eigenvalue weighted by Gasteiger charge is -2.13. The highest BCUT2D eigenvalue weighted by Gasteiger charge is 2.34. The van der Waals surface area contributed by atoms with Gasteiger partial charge in [0.15, 0.2) is 11.8 Å². The molecule has 2 amide bonds. The lowest BCUT2D eigenvalue weighted by atomic mass is 10.2. The molecule has 5 aromatic rings. The molecule has 1 N–H and O–H groups in total. The average molecular weight is 740 g/mol. The maximum absolute atomic E-state index is 13.7. The van der Waals surface area contributed by atoms with Crippen LogP contribution in [-0.2, 0) is 22.7 Å². The van der Waals surface area contributed by atoms with Crippen LogP contribution in [0.3, 0.4) is 0 Å². The molecule has 1 aromatic heterocycles. The number of benzene rings is 4. The van der Waals surface area contributed by atoms with Gasteiger partial charge in [0.25, 0.3) is 11.8 Å². The minimum absolute atomic E-state index is 0.152. The monoisotopic (exact) mass is 738 g/mol. The molecule has 0 bridgehead atoms. The van der Waals surface area contributed by atoms with Crippen molar-refractivity contribution in [2.24, 2.45) is 10.2 Å². The third-order valence-corrected chi connectivity index (χ3v) is 8.47. The molecule has 1 aliphatic heterocycles. The zero-order valence-corrected chi connectivity index (χ0v) is 28.2. The Hall–Kier alpha value is -5.46. The highest BCUT2D eigenvalue weighted by Crippen LogP contribution is 2.36. The second kappa shape index (κ2) is 16.1. The first kappa shape index (κ1) is 33.4. The quantitative estimate of drug-likeness (QED) is 0.0785. The van der Waals surface area contributed by atoms with Gasteiger partial charge in [-0.15, -0.1) is 5.10 Å². The summed E-state index contributed by atoms with van der Waals surface area (Å²) in [4.78, 5) is 28.1. The van der Waals surface area contributed by atoms with E-state index in [1.165, 1.54) is 29.2 Å². The molecular weight excluding hydrogens is 711 g/mol. The molecule has 2 heterocycles. The molecule has 4 aromatic carbocycles.